The molecule has 0 saturated heterocycles. The van der Waals surface area contributed by atoms with Crippen molar-refractivity contribution >= 4 is 45.3 Å². The second kappa shape index (κ2) is 9.41. The molecule has 0 spiro atoms. The third-order valence-corrected chi connectivity index (χ3v) is 6.08. The smallest absolute Gasteiger partial charge is 0.261 e. The van der Waals surface area contributed by atoms with Crippen molar-refractivity contribution < 1.29 is 13.9 Å². The number of anilines is 1. The number of halogens is 2. The predicted octanol–water partition coefficient (Wildman–Crippen LogP) is 5.49. The van der Waals surface area contributed by atoms with Crippen molar-refractivity contribution in [3.63, 3.8) is 0 Å². The first-order chi connectivity index (χ1) is 18.5. The van der Waals surface area contributed by atoms with Crippen LogP contribution in [0.3, 0.4) is 0 Å². The zero-order chi connectivity index (χ0) is 26.2. The Hall–Kier alpha value is -5.09. The van der Waals surface area contributed by atoms with Gasteiger partial charge in [0.25, 0.3) is 5.91 Å². The number of ether oxygens (including phenoxy) is 1. The summed E-state index contributed by atoms with van der Waals surface area (Å²) < 4.78 is 22.2. The normalized spacial score (nSPS) is 11.1. The number of carbonyl (C=O) groups is 1. The van der Waals surface area contributed by atoms with Crippen LogP contribution in [0.1, 0.15) is 10.4 Å². The van der Waals surface area contributed by atoms with Gasteiger partial charge in [-0.3, -0.25) is 9.59 Å². The average Bonchev–Trinajstić information content (AvgIpc) is 3.41. The van der Waals surface area contributed by atoms with E-state index >= 15 is 0 Å². The second-order valence-corrected chi connectivity index (χ2v) is 8.65. The van der Waals surface area contributed by atoms with Crippen LogP contribution in [-0.2, 0) is 0 Å². The van der Waals surface area contributed by atoms with E-state index < -0.39 is 17.2 Å². The van der Waals surface area contributed by atoms with Gasteiger partial charge in [0.05, 0.1) is 10.8 Å². The summed E-state index contributed by atoms with van der Waals surface area (Å²) in [6.07, 6.45) is 5.94. The van der Waals surface area contributed by atoms with Crippen LogP contribution in [0, 0.1) is 5.82 Å². The summed E-state index contributed by atoms with van der Waals surface area (Å²) in [5, 5.41) is 3.97. The number of fused-ring (bicyclic) bond motifs is 2. The Morgan fingerprint density at radius 2 is 1.87 bits per heavy atom. The Labute approximate surface area is 218 Å². The monoisotopic (exact) mass is 526 g/mol. The quantitative estimate of drug-likeness (QED) is 0.307. The van der Waals surface area contributed by atoms with Gasteiger partial charge in [-0.25, -0.2) is 19.3 Å². The maximum Gasteiger partial charge on any atom is 0.261 e. The molecule has 1 amide bonds. The lowest BCUT2D eigenvalue weighted by Crippen LogP contribution is -2.24. The van der Waals surface area contributed by atoms with E-state index in [1.54, 1.807) is 59.4 Å². The lowest BCUT2D eigenvalue weighted by Gasteiger charge is -2.13. The third kappa shape index (κ3) is 4.22. The number of aromatic amines is 1. The maximum absolute atomic E-state index is 14.9. The van der Waals surface area contributed by atoms with Gasteiger partial charge >= 0.3 is 0 Å². The molecule has 0 radical (unpaired) electrons. The Bertz CT molecular complexity index is 1900. The summed E-state index contributed by atoms with van der Waals surface area (Å²) in [6, 6.07) is 15.7. The van der Waals surface area contributed by atoms with Crippen LogP contribution in [0.2, 0.25) is 5.02 Å². The molecule has 38 heavy (non-hydrogen) atoms. The number of rotatable bonds is 5. The molecule has 0 saturated carbocycles. The zero-order valence-electron chi connectivity index (χ0n) is 19.4. The number of aromatic nitrogens is 5. The topological polar surface area (TPSA) is 115 Å². The lowest BCUT2D eigenvalue weighted by atomic mass is 10.1. The van der Waals surface area contributed by atoms with Gasteiger partial charge in [-0.15, -0.1) is 0 Å². The number of nitrogens with one attached hydrogen (secondary N) is 2. The second-order valence-electron chi connectivity index (χ2n) is 8.21. The summed E-state index contributed by atoms with van der Waals surface area (Å²) in [5.41, 5.74) is 1.07. The predicted molar refractivity (Wildman–Crippen MR) is 141 cm³/mol. The van der Waals surface area contributed by atoms with Crippen molar-refractivity contribution in [2.24, 2.45) is 0 Å². The molecule has 0 bridgehead atoms. The highest BCUT2D eigenvalue weighted by Crippen LogP contribution is 2.29. The van der Waals surface area contributed by atoms with Crippen molar-refractivity contribution in [1.29, 1.82) is 0 Å². The SMILES string of the molecule is O=C(Nc1ccc(Oc2ncnc3[nH]ccc23)c(F)c1)c1cn(-c2ccc(Cl)cc2)c2ncccc2c1=O. The number of amides is 1. The molecule has 0 aliphatic carbocycles. The molecule has 0 fully saturated rings. The molecule has 9 nitrogen and oxygen atoms in total. The molecule has 2 N–H and O–H groups in total. The molecule has 4 aromatic heterocycles. The number of H-pyrrole nitrogens is 1. The van der Waals surface area contributed by atoms with Crippen molar-refractivity contribution in [1.82, 2.24) is 24.5 Å². The van der Waals surface area contributed by atoms with Crippen LogP contribution >= 0.6 is 11.6 Å². The van der Waals surface area contributed by atoms with Gasteiger partial charge in [-0.2, -0.15) is 0 Å². The van der Waals surface area contributed by atoms with E-state index in [1.165, 1.54) is 24.7 Å². The average molecular weight is 527 g/mol. The highest BCUT2D eigenvalue weighted by Gasteiger charge is 2.18. The van der Waals surface area contributed by atoms with Crippen molar-refractivity contribution in [3.05, 3.63) is 112 Å². The van der Waals surface area contributed by atoms with Crippen LogP contribution in [0.25, 0.3) is 27.8 Å². The number of benzene rings is 2. The number of hydrogen-bond acceptors (Lipinski definition) is 6. The molecule has 6 aromatic rings. The van der Waals surface area contributed by atoms with E-state index in [-0.39, 0.29) is 28.3 Å². The van der Waals surface area contributed by atoms with Crippen molar-refractivity contribution in [2.45, 2.75) is 0 Å². The first-order valence-electron chi connectivity index (χ1n) is 11.3. The molecule has 11 heteroatoms. The van der Waals surface area contributed by atoms with Crippen LogP contribution < -0.4 is 15.5 Å². The molecule has 2 aromatic carbocycles. The van der Waals surface area contributed by atoms with E-state index in [2.05, 4.69) is 25.3 Å². The van der Waals surface area contributed by atoms with Crippen molar-refractivity contribution in [3.8, 4) is 17.3 Å². The largest absolute Gasteiger partial charge is 0.435 e. The van der Waals surface area contributed by atoms with E-state index in [4.69, 9.17) is 16.3 Å². The molecule has 0 aliphatic heterocycles. The van der Waals surface area contributed by atoms with E-state index in [1.807, 2.05) is 0 Å². The minimum absolute atomic E-state index is 0.0916. The molecule has 4 heterocycles. The number of hydrogen-bond donors (Lipinski definition) is 2. The van der Waals surface area contributed by atoms with Gasteiger partial charge < -0.3 is 19.6 Å². The molecular weight excluding hydrogens is 511 g/mol. The van der Waals surface area contributed by atoms with Gasteiger partial charge in [0.15, 0.2) is 11.6 Å². The standard InChI is InChI=1S/C27H16ClFN6O3/c28-15-3-6-17(7-4-15)35-13-20(23(36)18-2-1-10-31-25(18)35)26(37)34-16-5-8-22(21(29)12-16)38-27-19-9-11-30-24(19)32-14-33-27/h1-14H,(H,34,37)(H,30,32,33). The Morgan fingerprint density at radius 1 is 1.03 bits per heavy atom. The van der Waals surface area contributed by atoms with Crippen LogP contribution in [0.4, 0.5) is 10.1 Å². The van der Waals surface area contributed by atoms with Gasteiger partial charge in [0, 0.05) is 41.1 Å². The molecule has 0 unspecified atom stereocenters. The molecule has 0 atom stereocenters. The Kier molecular flexibility index (Phi) is 5.78. The van der Waals surface area contributed by atoms with Crippen LogP contribution in [0.5, 0.6) is 11.6 Å². The van der Waals surface area contributed by atoms with Crippen LogP contribution in [-0.4, -0.2) is 30.4 Å². The Balaban J connectivity index is 1.32. The van der Waals surface area contributed by atoms with E-state index in [0.29, 0.717) is 27.4 Å². The fourth-order valence-corrected chi connectivity index (χ4v) is 4.14. The minimum atomic E-state index is -0.730. The van der Waals surface area contributed by atoms with Crippen LogP contribution in [0.15, 0.2) is 90.4 Å². The first kappa shape index (κ1) is 23.3. The first-order valence-corrected chi connectivity index (χ1v) is 11.7. The number of carbonyl (C=O) groups excluding carboxylic acids is 1. The van der Waals surface area contributed by atoms with Gasteiger partial charge in [-0.1, -0.05) is 11.6 Å². The summed E-state index contributed by atoms with van der Waals surface area (Å²) in [5.74, 6) is -1.35. The fraction of sp³-hybridized carbons (Fsp3) is 0. The Morgan fingerprint density at radius 3 is 2.68 bits per heavy atom. The van der Waals surface area contributed by atoms with E-state index in [9.17, 15) is 14.0 Å². The minimum Gasteiger partial charge on any atom is -0.435 e. The highest BCUT2D eigenvalue weighted by atomic mass is 35.5. The highest BCUT2D eigenvalue weighted by molar-refractivity contribution is 6.30. The fourth-order valence-electron chi connectivity index (χ4n) is 4.01. The van der Waals surface area contributed by atoms with Gasteiger partial charge in [-0.05, 0) is 54.6 Å². The lowest BCUT2D eigenvalue weighted by molar-refractivity contribution is 0.102. The number of nitrogens with zero attached hydrogens (tertiary/aromatic N) is 4. The summed E-state index contributed by atoms with van der Waals surface area (Å²) >= 11 is 6.02. The van der Waals surface area contributed by atoms with Gasteiger partial charge in [0.1, 0.15) is 23.2 Å². The number of pyridine rings is 2. The maximum atomic E-state index is 14.9. The molecule has 186 valence electrons. The molecule has 6 rings (SSSR count). The molecular formula is C27H16ClFN6O3. The van der Waals surface area contributed by atoms with Gasteiger partial charge in [0.2, 0.25) is 11.3 Å². The molecule has 0 aliphatic rings. The summed E-state index contributed by atoms with van der Waals surface area (Å²) in [6.45, 7) is 0. The summed E-state index contributed by atoms with van der Waals surface area (Å²) in [7, 11) is 0. The zero-order valence-corrected chi connectivity index (χ0v) is 20.1. The summed E-state index contributed by atoms with van der Waals surface area (Å²) in [4.78, 5) is 41.7. The van der Waals surface area contributed by atoms with E-state index in [0.717, 1.165) is 6.07 Å². The van der Waals surface area contributed by atoms with Crippen molar-refractivity contribution in [2.75, 3.05) is 5.32 Å². The third-order valence-electron chi connectivity index (χ3n) is 5.83.